The summed E-state index contributed by atoms with van der Waals surface area (Å²) >= 11 is 0. The maximum atomic E-state index is 12.2. The molecule has 5 heteroatoms. The molecule has 0 radical (unpaired) electrons. The Morgan fingerprint density at radius 3 is 2.32 bits per heavy atom. The van der Waals surface area contributed by atoms with Gasteiger partial charge in [0.05, 0.1) is 6.42 Å². The van der Waals surface area contributed by atoms with E-state index in [9.17, 15) is 9.90 Å². The van der Waals surface area contributed by atoms with Crippen LogP contribution < -0.4 is 0 Å². The number of oxazole rings is 1. The topological polar surface area (TPSA) is 72.6 Å². The zero-order valence-electron chi connectivity index (χ0n) is 16.8. The second-order valence-electron chi connectivity index (χ2n) is 7.71. The SMILES string of the molecule is O=C1CC(Cc2cccc(O)c2)C(c2nc(-c3ccccc3)c(-c3ccccc3)o2)O1. The Balaban J connectivity index is 1.54. The van der Waals surface area contributed by atoms with Gasteiger partial charge in [-0.05, 0) is 24.1 Å². The molecule has 5 nitrogen and oxygen atoms in total. The molecule has 1 fully saturated rings. The summed E-state index contributed by atoms with van der Waals surface area (Å²) in [5.41, 5.74) is 3.51. The molecule has 2 unspecified atom stereocenters. The maximum Gasteiger partial charge on any atom is 0.307 e. The van der Waals surface area contributed by atoms with Gasteiger partial charge < -0.3 is 14.3 Å². The van der Waals surface area contributed by atoms with Crippen LogP contribution in [0.4, 0.5) is 0 Å². The molecule has 1 N–H and O–H groups in total. The van der Waals surface area contributed by atoms with Crippen LogP contribution in [-0.2, 0) is 16.0 Å². The van der Waals surface area contributed by atoms with Crippen LogP contribution in [0.15, 0.2) is 89.3 Å². The van der Waals surface area contributed by atoms with E-state index in [1.54, 1.807) is 18.2 Å². The van der Waals surface area contributed by atoms with Crippen LogP contribution in [0.5, 0.6) is 5.75 Å². The Morgan fingerprint density at radius 1 is 0.903 bits per heavy atom. The van der Waals surface area contributed by atoms with Crippen molar-refractivity contribution in [3.63, 3.8) is 0 Å². The van der Waals surface area contributed by atoms with Crippen LogP contribution in [0, 0.1) is 5.92 Å². The number of phenols is 1. The number of phenolic OH excluding ortho intramolecular Hbond substituents is 1. The van der Waals surface area contributed by atoms with Gasteiger partial charge in [-0.15, -0.1) is 0 Å². The summed E-state index contributed by atoms with van der Waals surface area (Å²) < 4.78 is 11.9. The highest BCUT2D eigenvalue weighted by molar-refractivity contribution is 5.77. The van der Waals surface area contributed by atoms with Crippen molar-refractivity contribution in [3.8, 4) is 28.3 Å². The van der Waals surface area contributed by atoms with E-state index in [4.69, 9.17) is 14.1 Å². The number of aromatic nitrogens is 1. The van der Waals surface area contributed by atoms with E-state index in [2.05, 4.69) is 0 Å². The molecule has 0 saturated carbocycles. The Kier molecular flexibility index (Phi) is 5.00. The van der Waals surface area contributed by atoms with Crippen LogP contribution in [-0.4, -0.2) is 16.1 Å². The van der Waals surface area contributed by atoms with Crippen molar-refractivity contribution in [3.05, 3.63) is 96.4 Å². The normalized spacial score (nSPS) is 18.1. The third-order valence-corrected chi connectivity index (χ3v) is 5.49. The molecular weight excluding hydrogens is 390 g/mol. The number of carbonyl (C=O) groups excluding carboxylic acids is 1. The first kappa shape index (κ1) is 19.1. The lowest BCUT2D eigenvalue weighted by Gasteiger charge is -2.14. The molecule has 154 valence electrons. The number of hydrogen-bond donors (Lipinski definition) is 1. The molecule has 5 rings (SSSR count). The number of benzene rings is 3. The van der Waals surface area contributed by atoms with E-state index in [1.165, 1.54) is 0 Å². The number of nitrogens with zero attached hydrogens (tertiary/aromatic N) is 1. The fourth-order valence-electron chi connectivity index (χ4n) is 4.06. The van der Waals surface area contributed by atoms with Gasteiger partial charge in [0, 0.05) is 17.0 Å². The summed E-state index contributed by atoms with van der Waals surface area (Å²) in [7, 11) is 0. The molecule has 0 spiro atoms. The molecule has 1 saturated heterocycles. The molecule has 3 aromatic carbocycles. The van der Waals surface area contributed by atoms with E-state index in [0.717, 1.165) is 22.4 Å². The molecule has 1 aliphatic rings. The van der Waals surface area contributed by atoms with Crippen molar-refractivity contribution in [1.82, 2.24) is 4.98 Å². The lowest BCUT2D eigenvalue weighted by atomic mass is 9.93. The van der Waals surface area contributed by atoms with Crippen molar-refractivity contribution in [2.45, 2.75) is 18.9 Å². The second-order valence-corrected chi connectivity index (χ2v) is 7.71. The molecule has 2 heterocycles. The van der Waals surface area contributed by atoms with Crippen LogP contribution in [0.2, 0.25) is 0 Å². The van der Waals surface area contributed by atoms with Crippen LogP contribution in [0.3, 0.4) is 0 Å². The number of aromatic hydroxyl groups is 1. The fraction of sp³-hybridized carbons (Fsp3) is 0.154. The van der Waals surface area contributed by atoms with Crippen molar-refractivity contribution >= 4 is 5.97 Å². The van der Waals surface area contributed by atoms with Crippen LogP contribution in [0.1, 0.15) is 24.0 Å². The molecule has 0 bridgehead atoms. The van der Waals surface area contributed by atoms with E-state index in [1.807, 2.05) is 66.7 Å². The quantitative estimate of drug-likeness (QED) is 0.435. The minimum Gasteiger partial charge on any atom is -0.508 e. The second kappa shape index (κ2) is 8.11. The highest BCUT2D eigenvalue weighted by atomic mass is 16.6. The molecule has 1 aromatic heterocycles. The van der Waals surface area contributed by atoms with Crippen molar-refractivity contribution in [1.29, 1.82) is 0 Å². The summed E-state index contributed by atoms with van der Waals surface area (Å²) in [6.07, 6.45) is 0.285. The van der Waals surface area contributed by atoms with Gasteiger partial charge in [-0.1, -0.05) is 72.8 Å². The summed E-state index contributed by atoms with van der Waals surface area (Å²) in [6.45, 7) is 0. The summed E-state index contributed by atoms with van der Waals surface area (Å²) in [6, 6.07) is 26.7. The molecule has 31 heavy (non-hydrogen) atoms. The van der Waals surface area contributed by atoms with Gasteiger partial charge >= 0.3 is 5.97 Å². The zero-order chi connectivity index (χ0) is 21.2. The molecule has 0 amide bonds. The molecule has 4 aromatic rings. The van der Waals surface area contributed by atoms with Gasteiger partial charge in [-0.3, -0.25) is 4.79 Å². The molecule has 2 atom stereocenters. The summed E-state index contributed by atoms with van der Waals surface area (Å²) in [5, 5.41) is 9.78. The minimum absolute atomic E-state index is 0.125. The number of carbonyl (C=O) groups is 1. The largest absolute Gasteiger partial charge is 0.508 e. The Hall–Kier alpha value is -3.86. The Labute approximate surface area is 180 Å². The summed E-state index contributed by atoms with van der Waals surface area (Å²) in [4.78, 5) is 17.0. The van der Waals surface area contributed by atoms with Crippen LogP contribution >= 0.6 is 0 Å². The number of esters is 1. The maximum absolute atomic E-state index is 12.2. The van der Waals surface area contributed by atoms with E-state index in [-0.39, 0.29) is 24.1 Å². The van der Waals surface area contributed by atoms with Gasteiger partial charge in [-0.2, -0.15) is 0 Å². The highest BCUT2D eigenvalue weighted by Gasteiger charge is 2.40. The third kappa shape index (κ3) is 3.94. The fourth-order valence-corrected chi connectivity index (χ4v) is 4.06. The first-order valence-corrected chi connectivity index (χ1v) is 10.3. The zero-order valence-corrected chi connectivity index (χ0v) is 16.8. The van der Waals surface area contributed by atoms with Crippen molar-refractivity contribution in [2.75, 3.05) is 0 Å². The monoisotopic (exact) mass is 411 g/mol. The van der Waals surface area contributed by atoms with Gasteiger partial charge in [0.2, 0.25) is 5.89 Å². The Bertz CT molecular complexity index is 1140. The molecule has 1 aliphatic heterocycles. The van der Waals surface area contributed by atoms with E-state index >= 15 is 0 Å². The lowest BCUT2D eigenvalue weighted by Crippen LogP contribution is -2.11. The first-order valence-electron chi connectivity index (χ1n) is 10.3. The third-order valence-electron chi connectivity index (χ3n) is 5.49. The average molecular weight is 411 g/mol. The average Bonchev–Trinajstić information content (AvgIpc) is 3.39. The predicted octanol–water partition coefficient (Wildman–Crippen LogP) is 5.56. The highest BCUT2D eigenvalue weighted by Crippen LogP contribution is 2.41. The number of cyclic esters (lactones) is 1. The summed E-state index contributed by atoms with van der Waals surface area (Å²) in [5.74, 6) is 0.860. The van der Waals surface area contributed by atoms with E-state index in [0.29, 0.717) is 18.1 Å². The predicted molar refractivity (Wildman–Crippen MR) is 116 cm³/mol. The van der Waals surface area contributed by atoms with Crippen LogP contribution in [0.25, 0.3) is 22.6 Å². The van der Waals surface area contributed by atoms with Gasteiger partial charge in [-0.25, -0.2) is 4.98 Å². The van der Waals surface area contributed by atoms with E-state index < -0.39 is 6.10 Å². The smallest absolute Gasteiger partial charge is 0.307 e. The van der Waals surface area contributed by atoms with Gasteiger partial charge in [0.15, 0.2) is 11.9 Å². The number of hydrogen-bond acceptors (Lipinski definition) is 5. The Morgan fingerprint density at radius 2 is 1.61 bits per heavy atom. The minimum atomic E-state index is -0.574. The molecule has 0 aliphatic carbocycles. The lowest BCUT2D eigenvalue weighted by molar-refractivity contribution is -0.142. The van der Waals surface area contributed by atoms with Gasteiger partial charge in [0.1, 0.15) is 11.4 Å². The number of ether oxygens (including phenoxy) is 1. The molecular formula is C26H21NO4. The standard InChI is InChI=1S/C26H21NO4/c28-21-13-7-8-17(15-21)14-20-16-22(29)30-25(20)26-27-23(18-9-3-1-4-10-18)24(31-26)19-11-5-2-6-12-19/h1-13,15,20,25,28H,14,16H2. The van der Waals surface area contributed by atoms with Crippen molar-refractivity contribution < 1.29 is 19.1 Å². The first-order chi connectivity index (χ1) is 15.2. The van der Waals surface area contributed by atoms with Crippen molar-refractivity contribution in [2.24, 2.45) is 5.92 Å². The van der Waals surface area contributed by atoms with Gasteiger partial charge in [0.25, 0.3) is 0 Å². The number of rotatable bonds is 5.